The van der Waals surface area contributed by atoms with E-state index in [4.69, 9.17) is 16.3 Å². The van der Waals surface area contributed by atoms with Crippen molar-refractivity contribution < 1.29 is 9.53 Å². The van der Waals surface area contributed by atoms with Crippen molar-refractivity contribution in [1.29, 1.82) is 0 Å². The van der Waals surface area contributed by atoms with Crippen LogP contribution in [0, 0.1) is 0 Å². The van der Waals surface area contributed by atoms with Gasteiger partial charge < -0.3 is 10.1 Å². The zero-order valence-corrected chi connectivity index (χ0v) is 8.73. The van der Waals surface area contributed by atoms with E-state index in [1.54, 1.807) is 6.92 Å². The monoisotopic (exact) mass is 193 g/mol. The molecule has 1 N–H and O–H groups in total. The molecule has 0 bridgehead atoms. The number of rotatable bonds is 2. The Hall–Kier alpha value is -0.440. The maximum atomic E-state index is 11.0. The molecule has 0 saturated heterocycles. The quantitative estimate of drug-likeness (QED) is 0.683. The highest BCUT2D eigenvalue weighted by atomic mass is 35.5. The van der Waals surface area contributed by atoms with Gasteiger partial charge in [0.15, 0.2) is 0 Å². The van der Waals surface area contributed by atoms with Crippen LogP contribution in [0.4, 0.5) is 4.79 Å². The average Bonchev–Trinajstić information content (AvgIpc) is 1.79. The van der Waals surface area contributed by atoms with Gasteiger partial charge in [-0.05, 0) is 27.7 Å². The number of ether oxygens (including phenoxy) is 1. The van der Waals surface area contributed by atoms with Gasteiger partial charge in [-0.3, -0.25) is 0 Å². The van der Waals surface area contributed by atoms with Gasteiger partial charge in [-0.2, -0.15) is 0 Å². The fraction of sp³-hybridized carbons (Fsp3) is 0.875. The van der Waals surface area contributed by atoms with Crippen molar-refractivity contribution in [1.82, 2.24) is 5.32 Å². The molecule has 0 aromatic carbocycles. The Morgan fingerprint density at radius 3 is 2.42 bits per heavy atom. The number of hydrogen-bond donors (Lipinski definition) is 1. The number of nitrogens with one attached hydrogen (secondary N) is 1. The van der Waals surface area contributed by atoms with Gasteiger partial charge in [0.25, 0.3) is 0 Å². The summed E-state index contributed by atoms with van der Waals surface area (Å²) in [4.78, 5) is 11.0. The van der Waals surface area contributed by atoms with Crippen molar-refractivity contribution in [2.75, 3.05) is 6.54 Å². The third-order valence-electron chi connectivity index (χ3n) is 0.927. The molecule has 0 radical (unpaired) electrons. The van der Waals surface area contributed by atoms with Crippen LogP contribution in [0.5, 0.6) is 0 Å². The SMILES string of the molecule is C[C@@H](Cl)CNC(=O)OC(C)(C)C. The predicted molar refractivity (Wildman–Crippen MR) is 49.6 cm³/mol. The summed E-state index contributed by atoms with van der Waals surface area (Å²) >= 11 is 5.62. The highest BCUT2D eigenvalue weighted by Gasteiger charge is 2.15. The molecule has 4 heteroatoms. The minimum absolute atomic E-state index is 0.0717. The standard InChI is InChI=1S/C8H16ClNO2/c1-6(9)5-10-7(11)12-8(2,3)4/h6H,5H2,1-4H3,(H,10,11)/t6-/m1/s1. The molecule has 0 aliphatic rings. The Morgan fingerprint density at radius 1 is 1.58 bits per heavy atom. The van der Waals surface area contributed by atoms with E-state index in [1.807, 2.05) is 20.8 Å². The van der Waals surface area contributed by atoms with Gasteiger partial charge in [-0.15, -0.1) is 11.6 Å². The second kappa shape index (κ2) is 4.55. The van der Waals surface area contributed by atoms with Crippen LogP contribution < -0.4 is 5.32 Å². The maximum Gasteiger partial charge on any atom is 0.407 e. The molecule has 0 aromatic rings. The molecule has 0 heterocycles. The van der Waals surface area contributed by atoms with Crippen LogP contribution in [0.25, 0.3) is 0 Å². The van der Waals surface area contributed by atoms with Crippen LogP contribution in [0.2, 0.25) is 0 Å². The van der Waals surface area contributed by atoms with Crippen LogP contribution in [0.1, 0.15) is 27.7 Å². The molecule has 3 nitrogen and oxygen atoms in total. The van der Waals surface area contributed by atoms with Crippen molar-refractivity contribution in [3.8, 4) is 0 Å². The van der Waals surface area contributed by atoms with Crippen molar-refractivity contribution in [2.45, 2.75) is 38.7 Å². The van der Waals surface area contributed by atoms with Gasteiger partial charge in [0.1, 0.15) is 5.60 Å². The first-order valence-corrected chi connectivity index (χ1v) is 4.36. The van der Waals surface area contributed by atoms with Crippen LogP contribution in [0.15, 0.2) is 0 Å². The number of alkyl carbamates (subject to hydrolysis) is 1. The van der Waals surface area contributed by atoms with Gasteiger partial charge in [0.05, 0.1) is 0 Å². The van der Waals surface area contributed by atoms with Crippen molar-refractivity contribution >= 4 is 17.7 Å². The van der Waals surface area contributed by atoms with E-state index >= 15 is 0 Å². The second-order valence-corrected chi connectivity index (χ2v) is 4.41. The summed E-state index contributed by atoms with van der Waals surface area (Å²) in [5, 5.41) is 2.47. The molecular formula is C8H16ClNO2. The Morgan fingerprint density at radius 2 is 2.08 bits per heavy atom. The first kappa shape index (κ1) is 11.6. The third-order valence-corrected chi connectivity index (χ3v) is 1.08. The lowest BCUT2D eigenvalue weighted by Gasteiger charge is -2.19. The number of hydrogen-bond acceptors (Lipinski definition) is 2. The molecule has 0 saturated carbocycles. The van der Waals surface area contributed by atoms with E-state index < -0.39 is 11.7 Å². The molecule has 0 aliphatic carbocycles. The minimum Gasteiger partial charge on any atom is -0.444 e. The van der Waals surface area contributed by atoms with Crippen molar-refractivity contribution in [3.05, 3.63) is 0 Å². The van der Waals surface area contributed by atoms with Gasteiger partial charge in [0.2, 0.25) is 0 Å². The van der Waals surface area contributed by atoms with E-state index in [0.717, 1.165) is 0 Å². The fourth-order valence-corrected chi connectivity index (χ4v) is 0.615. The maximum absolute atomic E-state index is 11.0. The molecule has 0 fully saturated rings. The molecular weight excluding hydrogens is 178 g/mol. The lowest BCUT2D eigenvalue weighted by Crippen LogP contribution is -2.35. The molecule has 0 rings (SSSR count). The highest BCUT2D eigenvalue weighted by Crippen LogP contribution is 2.06. The predicted octanol–water partition coefficient (Wildman–Crippen LogP) is 2.14. The Bertz CT molecular complexity index is 152. The molecule has 12 heavy (non-hydrogen) atoms. The lowest BCUT2D eigenvalue weighted by molar-refractivity contribution is 0.0528. The summed E-state index contributed by atoms with van der Waals surface area (Å²) in [6.07, 6.45) is -0.421. The summed E-state index contributed by atoms with van der Waals surface area (Å²) in [6, 6.07) is 0. The Labute approximate surface area is 78.4 Å². The first-order chi connectivity index (χ1) is 5.31. The van der Waals surface area contributed by atoms with E-state index in [0.29, 0.717) is 6.54 Å². The smallest absolute Gasteiger partial charge is 0.407 e. The third kappa shape index (κ3) is 7.66. The normalized spacial score (nSPS) is 13.8. The number of amides is 1. The Balaban J connectivity index is 3.61. The largest absolute Gasteiger partial charge is 0.444 e. The summed E-state index contributed by atoms with van der Waals surface area (Å²) in [6.45, 7) is 7.68. The molecule has 1 atom stereocenters. The second-order valence-electron chi connectivity index (χ2n) is 3.66. The van der Waals surface area contributed by atoms with Crippen molar-refractivity contribution in [3.63, 3.8) is 0 Å². The number of halogens is 1. The summed E-state index contributed by atoms with van der Waals surface area (Å²) < 4.78 is 4.98. The summed E-state index contributed by atoms with van der Waals surface area (Å²) in [5.74, 6) is 0. The molecule has 0 aliphatic heterocycles. The minimum atomic E-state index is -0.445. The topological polar surface area (TPSA) is 38.3 Å². The van der Waals surface area contributed by atoms with Crippen molar-refractivity contribution in [2.24, 2.45) is 0 Å². The highest BCUT2D eigenvalue weighted by molar-refractivity contribution is 6.20. The molecule has 0 spiro atoms. The molecule has 0 aromatic heterocycles. The van der Waals surface area contributed by atoms with Crippen LogP contribution in [-0.2, 0) is 4.74 Å². The molecule has 1 amide bonds. The van der Waals surface area contributed by atoms with E-state index in [-0.39, 0.29) is 5.38 Å². The van der Waals surface area contributed by atoms with E-state index in [1.165, 1.54) is 0 Å². The zero-order chi connectivity index (χ0) is 9.78. The fourth-order valence-electron chi connectivity index (χ4n) is 0.538. The Kier molecular flexibility index (Phi) is 4.39. The zero-order valence-electron chi connectivity index (χ0n) is 7.98. The van der Waals surface area contributed by atoms with Gasteiger partial charge in [-0.25, -0.2) is 4.79 Å². The molecule has 0 unspecified atom stereocenters. The molecule has 72 valence electrons. The number of alkyl halides is 1. The van der Waals surface area contributed by atoms with Gasteiger partial charge >= 0.3 is 6.09 Å². The summed E-state index contributed by atoms with van der Waals surface area (Å²) in [7, 11) is 0. The average molecular weight is 194 g/mol. The van der Waals surface area contributed by atoms with Gasteiger partial charge in [0, 0.05) is 11.9 Å². The number of carbonyl (C=O) groups is 1. The number of carbonyl (C=O) groups excluding carboxylic acids is 1. The first-order valence-electron chi connectivity index (χ1n) is 3.92. The van der Waals surface area contributed by atoms with E-state index in [9.17, 15) is 4.79 Å². The lowest BCUT2D eigenvalue weighted by atomic mass is 10.2. The van der Waals surface area contributed by atoms with Crippen LogP contribution in [-0.4, -0.2) is 23.6 Å². The van der Waals surface area contributed by atoms with Crippen LogP contribution in [0.3, 0.4) is 0 Å². The summed E-state index contributed by atoms with van der Waals surface area (Å²) in [5.41, 5.74) is -0.445. The van der Waals surface area contributed by atoms with Crippen LogP contribution >= 0.6 is 11.6 Å². The van der Waals surface area contributed by atoms with Gasteiger partial charge in [-0.1, -0.05) is 0 Å². The van der Waals surface area contributed by atoms with E-state index in [2.05, 4.69) is 5.32 Å².